The molecule has 0 bridgehead atoms. The smallest absolute Gasteiger partial charge is 0.112 e. The molecule has 2 atom stereocenters. The molecule has 18 heavy (non-hydrogen) atoms. The summed E-state index contributed by atoms with van der Waals surface area (Å²) in [5, 5.41) is 6.96. The Morgan fingerprint density at radius 2 is 2.33 bits per heavy atom. The van der Waals surface area contributed by atoms with Crippen molar-refractivity contribution < 1.29 is 0 Å². The monoisotopic (exact) mass is 267 g/mol. The zero-order valence-electron chi connectivity index (χ0n) is 11.9. The predicted molar refractivity (Wildman–Crippen MR) is 78.0 cm³/mol. The molecule has 1 fully saturated rings. The molecule has 1 N–H and O–H groups in total. The number of hydrogen-bond acceptors (Lipinski definition) is 4. The van der Waals surface area contributed by atoms with Crippen LogP contribution in [0.4, 0.5) is 0 Å². The molecule has 0 saturated carbocycles. The summed E-state index contributed by atoms with van der Waals surface area (Å²) in [6, 6.07) is 1.20. The number of thiazole rings is 1. The van der Waals surface area contributed by atoms with Crippen LogP contribution in [0.3, 0.4) is 0 Å². The predicted octanol–water partition coefficient (Wildman–Crippen LogP) is 2.84. The van der Waals surface area contributed by atoms with Gasteiger partial charge in [0, 0.05) is 36.8 Å². The summed E-state index contributed by atoms with van der Waals surface area (Å²) in [5.74, 6) is 0. The summed E-state index contributed by atoms with van der Waals surface area (Å²) >= 11 is 1.77. The summed E-state index contributed by atoms with van der Waals surface area (Å²) in [6.07, 6.45) is 4.42. The minimum absolute atomic E-state index is 0.0433. The minimum atomic E-state index is 0.0433. The van der Waals surface area contributed by atoms with E-state index >= 15 is 0 Å². The summed E-state index contributed by atoms with van der Waals surface area (Å²) in [5.41, 5.74) is 0.0433. The molecule has 1 aliphatic heterocycles. The largest absolute Gasteiger partial charge is 0.311 e. The van der Waals surface area contributed by atoms with Crippen molar-refractivity contribution in [2.24, 2.45) is 0 Å². The molecule has 2 heterocycles. The summed E-state index contributed by atoms with van der Waals surface area (Å²) in [6.45, 7) is 11.4. The Bertz CT molecular complexity index is 361. The van der Waals surface area contributed by atoms with Gasteiger partial charge >= 0.3 is 0 Å². The van der Waals surface area contributed by atoms with Crippen molar-refractivity contribution in [1.82, 2.24) is 15.2 Å². The van der Waals surface area contributed by atoms with Crippen LogP contribution >= 0.6 is 11.3 Å². The first kappa shape index (κ1) is 14.0. The number of aromatic nitrogens is 1. The molecule has 1 aromatic rings. The molecule has 0 aromatic carbocycles. The highest BCUT2D eigenvalue weighted by Gasteiger charge is 2.37. The molecule has 0 spiro atoms. The van der Waals surface area contributed by atoms with Gasteiger partial charge in [-0.05, 0) is 27.2 Å². The first-order chi connectivity index (χ1) is 8.55. The van der Waals surface area contributed by atoms with Crippen molar-refractivity contribution in [2.75, 3.05) is 13.1 Å². The van der Waals surface area contributed by atoms with E-state index in [9.17, 15) is 0 Å². The van der Waals surface area contributed by atoms with E-state index in [1.54, 1.807) is 11.3 Å². The van der Waals surface area contributed by atoms with Gasteiger partial charge < -0.3 is 5.32 Å². The summed E-state index contributed by atoms with van der Waals surface area (Å²) < 4.78 is 0. The third-order valence-electron chi connectivity index (χ3n) is 3.96. The standard InChI is InChI=1S/C14H25N3S/c1-5-6-12-10-17(11(2)9-16-12)14(3,4)13-15-7-8-18-13/h7-8,11-12,16H,5-6,9-10H2,1-4H3. The Hall–Kier alpha value is -0.450. The highest BCUT2D eigenvalue weighted by atomic mass is 32.1. The van der Waals surface area contributed by atoms with Crippen LogP contribution in [0.15, 0.2) is 11.6 Å². The fraction of sp³-hybridized carbons (Fsp3) is 0.786. The van der Waals surface area contributed by atoms with Crippen LogP contribution in [-0.2, 0) is 5.54 Å². The van der Waals surface area contributed by atoms with Crippen LogP contribution in [0.2, 0.25) is 0 Å². The van der Waals surface area contributed by atoms with E-state index in [1.807, 2.05) is 6.20 Å². The molecule has 0 amide bonds. The van der Waals surface area contributed by atoms with Crippen LogP contribution in [0.25, 0.3) is 0 Å². The molecular weight excluding hydrogens is 242 g/mol. The SMILES string of the molecule is CCCC1CN(C(C)(C)c2nccs2)C(C)CN1. The zero-order chi connectivity index (χ0) is 13.2. The van der Waals surface area contributed by atoms with E-state index in [1.165, 1.54) is 17.8 Å². The Morgan fingerprint density at radius 1 is 1.56 bits per heavy atom. The Morgan fingerprint density at radius 3 is 2.94 bits per heavy atom. The second-order valence-corrected chi connectivity index (χ2v) is 6.69. The van der Waals surface area contributed by atoms with E-state index in [4.69, 9.17) is 0 Å². The highest BCUT2D eigenvalue weighted by molar-refractivity contribution is 7.09. The Kier molecular flexibility index (Phi) is 4.41. The number of rotatable bonds is 4. The third-order valence-corrected chi connectivity index (χ3v) is 5.05. The number of nitrogens with one attached hydrogen (secondary N) is 1. The van der Waals surface area contributed by atoms with Crippen molar-refractivity contribution in [3.63, 3.8) is 0 Å². The lowest BCUT2D eigenvalue weighted by molar-refractivity contribution is 0.0342. The first-order valence-corrected chi connectivity index (χ1v) is 7.83. The highest BCUT2D eigenvalue weighted by Crippen LogP contribution is 2.32. The molecule has 3 nitrogen and oxygen atoms in total. The van der Waals surface area contributed by atoms with Gasteiger partial charge in [-0.25, -0.2) is 4.98 Å². The van der Waals surface area contributed by atoms with Crippen molar-refractivity contribution >= 4 is 11.3 Å². The van der Waals surface area contributed by atoms with Crippen LogP contribution < -0.4 is 5.32 Å². The normalized spacial score (nSPS) is 26.4. The second-order valence-electron chi connectivity index (χ2n) is 5.79. The van der Waals surface area contributed by atoms with Crippen molar-refractivity contribution in [3.05, 3.63) is 16.6 Å². The van der Waals surface area contributed by atoms with Gasteiger partial charge in [0.15, 0.2) is 0 Å². The molecule has 0 radical (unpaired) electrons. The van der Waals surface area contributed by atoms with E-state index in [-0.39, 0.29) is 5.54 Å². The van der Waals surface area contributed by atoms with Gasteiger partial charge in [0.05, 0.1) is 5.54 Å². The van der Waals surface area contributed by atoms with E-state index in [0.29, 0.717) is 12.1 Å². The molecule has 102 valence electrons. The Balaban J connectivity index is 2.14. The molecular formula is C14H25N3S. The molecule has 2 unspecified atom stereocenters. The van der Waals surface area contributed by atoms with Crippen molar-refractivity contribution in [2.45, 2.75) is 58.2 Å². The fourth-order valence-electron chi connectivity index (χ4n) is 2.90. The van der Waals surface area contributed by atoms with Gasteiger partial charge in [-0.15, -0.1) is 11.3 Å². The maximum absolute atomic E-state index is 4.53. The van der Waals surface area contributed by atoms with Crippen LogP contribution in [0.1, 0.15) is 45.5 Å². The van der Waals surface area contributed by atoms with Gasteiger partial charge in [0.1, 0.15) is 5.01 Å². The molecule has 0 aliphatic carbocycles. The number of hydrogen-bond donors (Lipinski definition) is 1. The summed E-state index contributed by atoms with van der Waals surface area (Å²) in [4.78, 5) is 7.14. The van der Waals surface area contributed by atoms with Gasteiger partial charge in [0.25, 0.3) is 0 Å². The second kappa shape index (κ2) is 5.68. The third kappa shape index (κ3) is 2.76. The lowest BCUT2D eigenvalue weighted by Gasteiger charge is -2.47. The maximum atomic E-state index is 4.53. The molecule has 1 aliphatic rings. The topological polar surface area (TPSA) is 28.2 Å². The van der Waals surface area contributed by atoms with E-state index in [0.717, 1.165) is 13.1 Å². The van der Waals surface area contributed by atoms with E-state index in [2.05, 4.69) is 48.3 Å². The Labute approximate surface area is 115 Å². The quantitative estimate of drug-likeness (QED) is 0.909. The van der Waals surface area contributed by atoms with Crippen LogP contribution in [-0.4, -0.2) is 35.1 Å². The van der Waals surface area contributed by atoms with Gasteiger partial charge in [0.2, 0.25) is 0 Å². The fourth-order valence-corrected chi connectivity index (χ4v) is 3.68. The minimum Gasteiger partial charge on any atom is -0.311 e. The van der Waals surface area contributed by atoms with Crippen LogP contribution in [0, 0.1) is 0 Å². The number of piperazine rings is 1. The van der Waals surface area contributed by atoms with Gasteiger partial charge in [-0.2, -0.15) is 0 Å². The maximum Gasteiger partial charge on any atom is 0.112 e. The van der Waals surface area contributed by atoms with Crippen molar-refractivity contribution in [1.29, 1.82) is 0 Å². The molecule has 1 aromatic heterocycles. The molecule has 2 rings (SSSR count). The molecule has 4 heteroatoms. The lowest BCUT2D eigenvalue weighted by Crippen LogP contribution is -2.60. The average molecular weight is 267 g/mol. The molecule has 1 saturated heterocycles. The van der Waals surface area contributed by atoms with Crippen molar-refractivity contribution in [3.8, 4) is 0 Å². The van der Waals surface area contributed by atoms with Crippen LogP contribution in [0.5, 0.6) is 0 Å². The van der Waals surface area contributed by atoms with E-state index < -0.39 is 0 Å². The van der Waals surface area contributed by atoms with Gasteiger partial charge in [-0.1, -0.05) is 13.3 Å². The van der Waals surface area contributed by atoms with Gasteiger partial charge in [-0.3, -0.25) is 4.90 Å². The average Bonchev–Trinajstić information content (AvgIpc) is 2.86. The first-order valence-electron chi connectivity index (χ1n) is 6.95. The lowest BCUT2D eigenvalue weighted by atomic mass is 9.96. The zero-order valence-corrected chi connectivity index (χ0v) is 12.8. The number of nitrogens with zero attached hydrogens (tertiary/aromatic N) is 2. The summed E-state index contributed by atoms with van der Waals surface area (Å²) in [7, 11) is 0.